The van der Waals surface area contributed by atoms with Crippen LogP contribution < -0.4 is 0 Å². The van der Waals surface area contributed by atoms with Gasteiger partial charge in [-0.25, -0.2) is 9.78 Å². The Morgan fingerprint density at radius 2 is 2.11 bits per heavy atom. The number of carbonyl (C=O) groups is 1. The molecule has 0 saturated carbocycles. The van der Waals surface area contributed by atoms with Crippen LogP contribution in [0.4, 0.5) is 0 Å². The summed E-state index contributed by atoms with van der Waals surface area (Å²) in [6.07, 6.45) is 1.59. The van der Waals surface area contributed by atoms with Crippen molar-refractivity contribution in [2.75, 3.05) is 0 Å². The third kappa shape index (κ3) is 2.18. The molecule has 0 aliphatic carbocycles. The third-order valence-corrected chi connectivity index (χ3v) is 3.70. The van der Waals surface area contributed by atoms with Crippen LogP contribution in [0, 0.1) is 6.92 Å². The lowest BCUT2D eigenvalue weighted by Crippen LogP contribution is -2.16. The predicted octanol–water partition coefficient (Wildman–Crippen LogP) is 3.71. The number of carboxylic acids is 1. The molecule has 0 bridgehead atoms. The van der Waals surface area contributed by atoms with E-state index >= 15 is 0 Å². The van der Waals surface area contributed by atoms with Gasteiger partial charge in [0.05, 0.1) is 17.5 Å². The molecule has 1 N–H and O–H groups in total. The fraction of sp³-hybridized carbons (Fsp3) is 0.385. The van der Waals surface area contributed by atoms with Crippen LogP contribution in [-0.4, -0.2) is 16.1 Å². The summed E-state index contributed by atoms with van der Waals surface area (Å²) in [7, 11) is 0. The summed E-state index contributed by atoms with van der Waals surface area (Å²) in [6.45, 7) is 7.72. The highest BCUT2D eigenvalue weighted by Gasteiger charge is 2.27. The summed E-state index contributed by atoms with van der Waals surface area (Å²) in [5.41, 5.74) is 1.19. The van der Waals surface area contributed by atoms with Crippen LogP contribution in [0.2, 0.25) is 0 Å². The van der Waals surface area contributed by atoms with Crippen LogP contribution in [0.25, 0.3) is 10.6 Å². The number of nitrogens with zero attached hydrogens (tertiary/aromatic N) is 1. The van der Waals surface area contributed by atoms with Crippen LogP contribution in [0.15, 0.2) is 16.7 Å². The molecule has 0 aliphatic heterocycles. The summed E-state index contributed by atoms with van der Waals surface area (Å²) in [5.74, 6) is -0.175. The minimum Gasteiger partial charge on any atom is -0.477 e. The van der Waals surface area contributed by atoms with Crippen molar-refractivity contribution in [3.8, 4) is 10.6 Å². The van der Waals surface area contributed by atoms with Gasteiger partial charge < -0.3 is 9.52 Å². The van der Waals surface area contributed by atoms with E-state index in [0.717, 1.165) is 11.3 Å². The molecule has 0 unspecified atom stereocenters. The Hall–Kier alpha value is -1.62. The number of aromatic carboxylic acids is 1. The zero-order valence-corrected chi connectivity index (χ0v) is 11.6. The zero-order chi connectivity index (χ0) is 13.5. The second kappa shape index (κ2) is 4.24. The van der Waals surface area contributed by atoms with Gasteiger partial charge in [-0.2, -0.15) is 0 Å². The maximum absolute atomic E-state index is 11.3. The second-order valence-electron chi connectivity index (χ2n) is 5.14. The Morgan fingerprint density at radius 1 is 1.44 bits per heavy atom. The Balaban J connectivity index is 2.60. The van der Waals surface area contributed by atoms with E-state index < -0.39 is 5.97 Å². The number of aromatic nitrogens is 1. The molecule has 18 heavy (non-hydrogen) atoms. The molecule has 0 aliphatic rings. The molecule has 0 atom stereocenters. The van der Waals surface area contributed by atoms with Crippen molar-refractivity contribution in [1.29, 1.82) is 0 Å². The molecule has 0 aromatic carbocycles. The van der Waals surface area contributed by atoms with Crippen LogP contribution in [0.5, 0.6) is 0 Å². The van der Waals surface area contributed by atoms with E-state index in [9.17, 15) is 9.90 Å². The van der Waals surface area contributed by atoms with Gasteiger partial charge in [-0.15, -0.1) is 11.3 Å². The predicted molar refractivity (Wildman–Crippen MR) is 70.2 cm³/mol. The molecule has 0 spiro atoms. The lowest BCUT2D eigenvalue weighted by molar-refractivity contribution is 0.0699. The van der Waals surface area contributed by atoms with Crippen LogP contribution >= 0.6 is 11.3 Å². The molecule has 5 heteroatoms. The number of hydrogen-bond donors (Lipinski definition) is 1. The van der Waals surface area contributed by atoms with E-state index in [-0.39, 0.29) is 5.41 Å². The largest absolute Gasteiger partial charge is 0.477 e. The van der Waals surface area contributed by atoms with E-state index in [2.05, 4.69) is 4.98 Å². The van der Waals surface area contributed by atoms with E-state index in [0.29, 0.717) is 15.6 Å². The molecule has 2 aromatic heterocycles. The third-order valence-electron chi connectivity index (χ3n) is 2.62. The number of thiazole rings is 1. The van der Waals surface area contributed by atoms with Crippen LogP contribution in [0.1, 0.15) is 41.9 Å². The Kier molecular flexibility index (Phi) is 3.02. The summed E-state index contributed by atoms with van der Waals surface area (Å²) >= 11 is 1.20. The highest BCUT2D eigenvalue weighted by Crippen LogP contribution is 2.35. The fourth-order valence-corrected chi connectivity index (χ4v) is 2.88. The summed E-state index contributed by atoms with van der Waals surface area (Å²) in [6, 6.07) is 1.81. The van der Waals surface area contributed by atoms with Crippen LogP contribution in [0.3, 0.4) is 0 Å². The standard InChI is InChI=1S/C13H15NO3S/c1-7-8(5-6-17-7)11-14-10(13(2,3)4)9(18-11)12(15)16/h5-6H,1-4H3,(H,15,16). The van der Waals surface area contributed by atoms with E-state index in [4.69, 9.17) is 4.42 Å². The minimum absolute atomic E-state index is 0.292. The SMILES string of the molecule is Cc1occc1-c1nc(C(C)(C)C)c(C(=O)O)s1. The van der Waals surface area contributed by atoms with Crippen molar-refractivity contribution >= 4 is 17.3 Å². The second-order valence-corrected chi connectivity index (χ2v) is 6.14. The number of carboxylic acid groups (broad SMARTS) is 1. The molecule has 0 radical (unpaired) electrons. The normalized spacial score (nSPS) is 11.8. The molecular weight excluding hydrogens is 250 g/mol. The van der Waals surface area contributed by atoms with E-state index in [1.807, 2.05) is 33.8 Å². The number of rotatable bonds is 2. The first-order valence-corrected chi connectivity index (χ1v) is 6.41. The first-order valence-electron chi connectivity index (χ1n) is 5.60. The van der Waals surface area contributed by atoms with Crippen LogP contribution in [-0.2, 0) is 5.41 Å². The molecule has 2 aromatic rings. The monoisotopic (exact) mass is 265 g/mol. The van der Waals surface area contributed by atoms with Crippen molar-refractivity contribution in [2.24, 2.45) is 0 Å². The molecular formula is C13H15NO3S. The Morgan fingerprint density at radius 3 is 2.50 bits per heavy atom. The molecule has 0 fully saturated rings. The number of aryl methyl sites for hydroxylation is 1. The fourth-order valence-electron chi connectivity index (χ4n) is 1.70. The van der Waals surface area contributed by atoms with Gasteiger partial charge in [0.25, 0.3) is 0 Å². The first kappa shape index (κ1) is 12.8. The summed E-state index contributed by atoms with van der Waals surface area (Å²) in [4.78, 5) is 16.1. The van der Waals surface area contributed by atoms with E-state index in [1.165, 1.54) is 11.3 Å². The average Bonchev–Trinajstić information content (AvgIpc) is 2.81. The molecule has 0 saturated heterocycles. The summed E-state index contributed by atoms with van der Waals surface area (Å²) < 4.78 is 5.23. The molecule has 96 valence electrons. The Bertz CT molecular complexity index is 590. The highest BCUT2D eigenvalue weighted by molar-refractivity contribution is 7.17. The van der Waals surface area contributed by atoms with E-state index in [1.54, 1.807) is 6.26 Å². The van der Waals surface area contributed by atoms with Gasteiger partial charge in [0, 0.05) is 5.41 Å². The molecule has 2 rings (SSSR count). The van der Waals surface area contributed by atoms with Gasteiger partial charge in [0.15, 0.2) is 0 Å². The Labute approximate surface area is 109 Å². The van der Waals surface area contributed by atoms with Gasteiger partial charge in [-0.1, -0.05) is 20.8 Å². The van der Waals surface area contributed by atoms with Gasteiger partial charge in [0.1, 0.15) is 15.6 Å². The maximum Gasteiger partial charge on any atom is 0.347 e. The van der Waals surface area contributed by atoms with Crippen molar-refractivity contribution in [3.05, 3.63) is 28.7 Å². The quantitative estimate of drug-likeness (QED) is 0.899. The van der Waals surface area contributed by atoms with Crippen molar-refractivity contribution in [1.82, 2.24) is 4.98 Å². The smallest absolute Gasteiger partial charge is 0.347 e. The molecule has 0 amide bonds. The maximum atomic E-state index is 11.3. The van der Waals surface area contributed by atoms with Gasteiger partial charge in [-0.05, 0) is 13.0 Å². The van der Waals surface area contributed by atoms with Gasteiger partial charge >= 0.3 is 5.97 Å². The highest BCUT2D eigenvalue weighted by atomic mass is 32.1. The van der Waals surface area contributed by atoms with Crippen molar-refractivity contribution in [2.45, 2.75) is 33.1 Å². The average molecular weight is 265 g/mol. The number of hydrogen-bond acceptors (Lipinski definition) is 4. The lowest BCUT2D eigenvalue weighted by Gasteiger charge is -2.15. The topological polar surface area (TPSA) is 63.3 Å². The van der Waals surface area contributed by atoms with Gasteiger partial charge in [0.2, 0.25) is 0 Å². The summed E-state index contributed by atoms with van der Waals surface area (Å²) in [5, 5.41) is 9.95. The minimum atomic E-state index is -0.926. The lowest BCUT2D eigenvalue weighted by atomic mass is 9.91. The zero-order valence-electron chi connectivity index (χ0n) is 10.8. The molecule has 4 nitrogen and oxygen atoms in total. The van der Waals surface area contributed by atoms with Crippen molar-refractivity contribution in [3.63, 3.8) is 0 Å². The first-order chi connectivity index (χ1) is 8.30. The van der Waals surface area contributed by atoms with Gasteiger partial charge in [-0.3, -0.25) is 0 Å². The number of furan rings is 1. The molecule has 2 heterocycles. The van der Waals surface area contributed by atoms with Crippen molar-refractivity contribution < 1.29 is 14.3 Å².